The molecule has 3 aliphatic carbocycles. The minimum atomic E-state index is -0.303. The van der Waals surface area contributed by atoms with Crippen molar-refractivity contribution in [3.63, 3.8) is 0 Å². The number of fused-ring (bicyclic) bond motifs is 2. The van der Waals surface area contributed by atoms with Gasteiger partial charge in [0.1, 0.15) is 0 Å². The van der Waals surface area contributed by atoms with Crippen LogP contribution in [-0.4, -0.2) is 13.1 Å². The zero-order valence-electron chi connectivity index (χ0n) is 15.5. The lowest BCUT2D eigenvalue weighted by Gasteiger charge is -2.55. The van der Waals surface area contributed by atoms with E-state index in [1.165, 1.54) is 19.3 Å². The monoisotopic (exact) mass is 316 g/mol. The molecule has 0 N–H and O–H groups in total. The number of allylic oxidation sites excluding steroid dienone is 4. The molecule has 2 nitrogen and oxygen atoms in total. The smallest absolute Gasteiger partial charge is 0.311 e. The van der Waals surface area contributed by atoms with Crippen LogP contribution in [0.4, 0.5) is 0 Å². The van der Waals surface area contributed by atoms with E-state index < -0.39 is 0 Å². The normalized spacial score (nSPS) is 37.1. The van der Waals surface area contributed by atoms with Crippen molar-refractivity contribution in [1.82, 2.24) is 0 Å². The fourth-order valence-corrected chi connectivity index (χ4v) is 5.79. The number of carbonyl (C=O) groups excluding carboxylic acids is 1. The fourth-order valence-electron chi connectivity index (χ4n) is 5.79. The third kappa shape index (κ3) is 2.49. The van der Waals surface area contributed by atoms with Gasteiger partial charge in [0, 0.05) is 0 Å². The summed E-state index contributed by atoms with van der Waals surface area (Å²) in [6.45, 7) is 9.20. The first-order chi connectivity index (χ1) is 10.8. The Balaban J connectivity index is 2.01. The van der Waals surface area contributed by atoms with Crippen molar-refractivity contribution in [3.05, 3.63) is 22.8 Å². The lowest BCUT2D eigenvalue weighted by Crippen LogP contribution is -2.51. The second kappa shape index (κ2) is 5.79. The Morgan fingerprint density at radius 1 is 1.22 bits per heavy atom. The van der Waals surface area contributed by atoms with Gasteiger partial charge < -0.3 is 4.74 Å². The van der Waals surface area contributed by atoms with Crippen molar-refractivity contribution >= 4 is 5.97 Å². The molecule has 23 heavy (non-hydrogen) atoms. The highest BCUT2D eigenvalue weighted by atomic mass is 16.5. The molecule has 0 aromatic rings. The zero-order valence-corrected chi connectivity index (χ0v) is 15.5. The van der Waals surface area contributed by atoms with Gasteiger partial charge in [-0.2, -0.15) is 0 Å². The molecular weight excluding hydrogens is 284 g/mol. The van der Waals surface area contributed by atoms with Crippen molar-refractivity contribution in [3.8, 4) is 0 Å². The summed E-state index contributed by atoms with van der Waals surface area (Å²) in [6.07, 6.45) is 10.5. The van der Waals surface area contributed by atoms with Crippen molar-refractivity contribution in [2.75, 3.05) is 7.11 Å². The molecule has 0 aromatic heterocycles. The molecule has 1 saturated carbocycles. The molecule has 0 amide bonds. The van der Waals surface area contributed by atoms with E-state index in [1.807, 2.05) is 0 Å². The lowest BCUT2D eigenvalue weighted by atomic mass is 9.48. The Hall–Kier alpha value is -1.05. The van der Waals surface area contributed by atoms with Gasteiger partial charge >= 0.3 is 5.97 Å². The lowest BCUT2D eigenvalue weighted by molar-refractivity contribution is -0.163. The highest BCUT2D eigenvalue weighted by molar-refractivity contribution is 5.77. The summed E-state index contributed by atoms with van der Waals surface area (Å²) < 4.78 is 5.20. The van der Waals surface area contributed by atoms with Crippen LogP contribution < -0.4 is 0 Å². The Kier molecular flexibility index (Phi) is 4.23. The number of carbonyl (C=O) groups is 1. The number of rotatable bonds is 2. The molecule has 3 rings (SSSR count). The van der Waals surface area contributed by atoms with E-state index in [4.69, 9.17) is 4.74 Å². The maximum Gasteiger partial charge on any atom is 0.311 e. The van der Waals surface area contributed by atoms with Crippen molar-refractivity contribution in [2.45, 2.75) is 72.6 Å². The van der Waals surface area contributed by atoms with E-state index in [1.54, 1.807) is 23.8 Å². The molecule has 2 heteroatoms. The summed E-state index contributed by atoms with van der Waals surface area (Å²) >= 11 is 0. The second-order valence-electron chi connectivity index (χ2n) is 8.65. The van der Waals surface area contributed by atoms with E-state index in [0.717, 1.165) is 25.7 Å². The van der Waals surface area contributed by atoms with E-state index in [-0.39, 0.29) is 16.8 Å². The van der Waals surface area contributed by atoms with Crippen LogP contribution in [0, 0.1) is 22.7 Å². The Labute approximate surface area is 141 Å². The van der Waals surface area contributed by atoms with Crippen LogP contribution in [0.1, 0.15) is 72.6 Å². The molecule has 128 valence electrons. The SMILES string of the molecule is COC(=O)C1(C)CCCC2(C)C3=C(C=C(C(C)C)CC3)CCC12. The minimum absolute atomic E-state index is 0.00620. The van der Waals surface area contributed by atoms with Gasteiger partial charge in [-0.05, 0) is 68.3 Å². The van der Waals surface area contributed by atoms with Crippen LogP contribution >= 0.6 is 0 Å². The van der Waals surface area contributed by atoms with Crippen molar-refractivity contribution in [2.24, 2.45) is 22.7 Å². The van der Waals surface area contributed by atoms with Gasteiger partial charge in [-0.25, -0.2) is 0 Å². The molecule has 0 spiro atoms. The molecule has 0 bridgehead atoms. The molecule has 0 saturated heterocycles. The summed E-state index contributed by atoms with van der Waals surface area (Å²) in [6, 6.07) is 0. The molecule has 3 unspecified atom stereocenters. The van der Waals surface area contributed by atoms with Gasteiger partial charge in [0.25, 0.3) is 0 Å². The average Bonchev–Trinajstić information content (AvgIpc) is 2.53. The zero-order chi connectivity index (χ0) is 16.8. The van der Waals surface area contributed by atoms with Gasteiger partial charge in [-0.15, -0.1) is 0 Å². The number of methoxy groups -OCH3 is 1. The third-order valence-corrected chi connectivity index (χ3v) is 7.13. The van der Waals surface area contributed by atoms with Gasteiger partial charge in [-0.1, -0.05) is 44.4 Å². The standard InChI is InChI=1S/C21H32O2/c1-14(2)15-7-9-17-16(13-15)8-10-18-20(17,3)11-6-12-21(18,4)19(22)23-5/h13-14,18H,6-12H2,1-5H3. The van der Waals surface area contributed by atoms with E-state index in [2.05, 4.69) is 33.8 Å². The maximum atomic E-state index is 12.5. The Morgan fingerprint density at radius 2 is 1.96 bits per heavy atom. The molecule has 0 aliphatic heterocycles. The first kappa shape index (κ1) is 16.8. The van der Waals surface area contributed by atoms with Gasteiger partial charge in [0.15, 0.2) is 0 Å². The second-order valence-corrected chi connectivity index (χ2v) is 8.65. The van der Waals surface area contributed by atoms with Crippen molar-refractivity contribution in [1.29, 1.82) is 0 Å². The van der Waals surface area contributed by atoms with Crippen LogP contribution in [0.2, 0.25) is 0 Å². The molecule has 0 radical (unpaired) electrons. The predicted octanol–water partition coefficient (Wildman–Crippen LogP) is 5.44. The maximum absolute atomic E-state index is 12.5. The largest absolute Gasteiger partial charge is 0.469 e. The summed E-state index contributed by atoms with van der Waals surface area (Å²) in [5, 5.41) is 0. The van der Waals surface area contributed by atoms with Gasteiger partial charge in [0.05, 0.1) is 12.5 Å². The summed E-state index contributed by atoms with van der Waals surface area (Å²) in [7, 11) is 1.55. The van der Waals surface area contributed by atoms with Crippen molar-refractivity contribution < 1.29 is 9.53 Å². The molecule has 3 atom stereocenters. The topological polar surface area (TPSA) is 26.3 Å². The predicted molar refractivity (Wildman–Crippen MR) is 94.0 cm³/mol. The number of esters is 1. The number of hydrogen-bond donors (Lipinski definition) is 0. The molecule has 0 aromatic carbocycles. The van der Waals surface area contributed by atoms with Gasteiger partial charge in [-0.3, -0.25) is 4.79 Å². The van der Waals surface area contributed by atoms with Gasteiger partial charge in [0.2, 0.25) is 0 Å². The first-order valence-corrected chi connectivity index (χ1v) is 9.34. The Bertz CT molecular complexity index is 568. The number of hydrogen-bond acceptors (Lipinski definition) is 2. The summed E-state index contributed by atoms with van der Waals surface area (Å²) in [5.41, 5.74) is 4.74. The summed E-state index contributed by atoms with van der Waals surface area (Å²) in [5.74, 6) is 1.09. The van der Waals surface area contributed by atoms with Crippen LogP contribution in [-0.2, 0) is 9.53 Å². The van der Waals surface area contributed by atoms with Crippen LogP contribution in [0.3, 0.4) is 0 Å². The van der Waals surface area contributed by atoms with Crippen LogP contribution in [0.5, 0.6) is 0 Å². The molecule has 3 aliphatic rings. The number of ether oxygens (including phenoxy) is 1. The Morgan fingerprint density at radius 3 is 2.61 bits per heavy atom. The van der Waals surface area contributed by atoms with E-state index in [0.29, 0.717) is 11.8 Å². The average molecular weight is 316 g/mol. The molecular formula is C21H32O2. The van der Waals surface area contributed by atoms with E-state index >= 15 is 0 Å². The fraction of sp³-hybridized carbons (Fsp3) is 0.762. The van der Waals surface area contributed by atoms with Crippen LogP contribution in [0.15, 0.2) is 22.8 Å². The third-order valence-electron chi connectivity index (χ3n) is 7.13. The van der Waals surface area contributed by atoms with E-state index in [9.17, 15) is 4.79 Å². The highest BCUT2D eigenvalue weighted by Crippen LogP contribution is 2.61. The first-order valence-electron chi connectivity index (χ1n) is 9.34. The summed E-state index contributed by atoms with van der Waals surface area (Å²) in [4.78, 5) is 12.5. The highest BCUT2D eigenvalue weighted by Gasteiger charge is 2.56. The quantitative estimate of drug-likeness (QED) is 0.634. The molecule has 0 heterocycles. The molecule has 1 fully saturated rings. The van der Waals surface area contributed by atoms with Crippen LogP contribution in [0.25, 0.3) is 0 Å². The minimum Gasteiger partial charge on any atom is -0.469 e.